The Hall–Kier alpha value is -3.35. The molecule has 1 aromatic heterocycles. The van der Waals surface area contributed by atoms with Crippen molar-refractivity contribution in [3.8, 4) is 5.75 Å². The number of methoxy groups -OCH3 is 1. The van der Waals surface area contributed by atoms with E-state index < -0.39 is 12.1 Å². The molecule has 6 nitrogen and oxygen atoms in total. The van der Waals surface area contributed by atoms with Crippen molar-refractivity contribution in [1.29, 1.82) is 0 Å². The molecule has 0 spiro atoms. The molecule has 3 aromatic rings. The SMILES string of the molecule is COc1cc(C(F)C(=O)O)ccc1NC(=O)c1cn(C)c2ccccc12. The van der Waals surface area contributed by atoms with Crippen LogP contribution in [0.3, 0.4) is 0 Å². The average molecular weight is 356 g/mol. The number of aromatic nitrogens is 1. The molecule has 0 aliphatic rings. The maximum atomic E-state index is 13.7. The highest BCUT2D eigenvalue weighted by atomic mass is 19.1. The van der Waals surface area contributed by atoms with E-state index in [4.69, 9.17) is 9.84 Å². The Morgan fingerprint density at radius 2 is 1.96 bits per heavy atom. The van der Waals surface area contributed by atoms with Gasteiger partial charge in [0.2, 0.25) is 6.17 Å². The van der Waals surface area contributed by atoms with Crippen LogP contribution in [0.2, 0.25) is 0 Å². The zero-order valence-electron chi connectivity index (χ0n) is 14.2. The van der Waals surface area contributed by atoms with Crippen LogP contribution in [0.25, 0.3) is 10.9 Å². The van der Waals surface area contributed by atoms with Crippen LogP contribution in [0, 0.1) is 0 Å². The maximum Gasteiger partial charge on any atom is 0.343 e. The fourth-order valence-electron chi connectivity index (χ4n) is 2.82. The second-order valence-corrected chi connectivity index (χ2v) is 5.79. The van der Waals surface area contributed by atoms with Crippen molar-refractivity contribution >= 4 is 28.5 Å². The number of ether oxygens (including phenoxy) is 1. The van der Waals surface area contributed by atoms with Crippen molar-refractivity contribution < 1.29 is 23.8 Å². The number of carbonyl (C=O) groups excluding carboxylic acids is 1. The molecule has 2 aromatic carbocycles. The summed E-state index contributed by atoms with van der Waals surface area (Å²) in [5.74, 6) is -1.75. The van der Waals surface area contributed by atoms with Gasteiger partial charge in [-0.05, 0) is 18.2 Å². The molecule has 1 unspecified atom stereocenters. The van der Waals surface area contributed by atoms with Gasteiger partial charge in [-0.3, -0.25) is 4.79 Å². The Balaban J connectivity index is 1.92. The number of carbonyl (C=O) groups is 2. The van der Waals surface area contributed by atoms with Gasteiger partial charge in [-0.1, -0.05) is 24.3 Å². The number of aryl methyl sites for hydroxylation is 1. The van der Waals surface area contributed by atoms with E-state index in [0.717, 1.165) is 10.9 Å². The van der Waals surface area contributed by atoms with Crippen molar-refractivity contribution in [2.45, 2.75) is 6.17 Å². The molecule has 3 rings (SSSR count). The Kier molecular flexibility index (Phi) is 4.62. The molecule has 0 bridgehead atoms. The topological polar surface area (TPSA) is 80.6 Å². The number of hydrogen-bond acceptors (Lipinski definition) is 3. The molecule has 0 saturated carbocycles. The number of hydrogen-bond donors (Lipinski definition) is 2. The number of carboxylic acids is 1. The minimum atomic E-state index is -2.16. The van der Waals surface area contributed by atoms with E-state index in [1.165, 1.54) is 25.3 Å². The number of nitrogens with one attached hydrogen (secondary N) is 1. The Morgan fingerprint density at radius 3 is 2.65 bits per heavy atom. The standard InChI is InChI=1S/C19H17FN2O4/c1-22-10-13(12-5-3-4-6-15(12)22)18(23)21-14-8-7-11(9-16(14)26-2)17(20)19(24)25/h3-10,17H,1-2H3,(H,21,23)(H,24,25). The summed E-state index contributed by atoms with van der Waals surface area (Å²) in [7, 11) is 3.21. The molecule has 0 saturated heterocycles. The van der Waals surface area contributed by atoms with Gasteiger partial charge in [0.05, 0.1) is 18.4 Å². The Labute approximate surface area is 148 Å². The first kappa shape index (κ1) is 17.5. The number of fused-ring (bicyclic) bond motifs is 1. The van der Waals surface area contributed by atoms with Crippen LogP contribution in [-0.4, -0.2) is 28.7 Å². The van der Waals surface area contributed by atoms with Crippen molar-refractivity contribution in [3.63, 3.8) is 0 Å². The van der Waals surface area contributed by atoms with E-state index in [1.807, 2.05) is 35.9 Å². The first-order chi connectivity index (χ1) is 12.4. The number of carboxylic acid groups (broad SMARTS) is 1. The zero-order chi connectivity index (χ0) is 18.8. The molecule has 0 radical (unpaired) electrons. The molecule has 0 fully saturated rings. The lowest BCUT2D eigenvalue weighted by molar-refractivity contribution is -0.143. The number of anilines is 1. The third kappa shape index (κ3) is 3.11. The van der Waals surface area contributed by atoms with Crippen LogP contribution in [-0.2, 0) is 11.8 Å². The summed E-state index contributed by atoms with van der Waals surface area (Å²) in [6, 6.07) is 11.5. The molecule has 26 heavy (non-hydrogen) atoms. The summed E-state index contributed by atoms with van der Waals surface area (Å²) in [6.07, 6.45) is -0.435. The zero-order valence-corrected chi connectivity index (χ0v) is 14.2. The number of rotatable bonds is 5. The molecule has 1 atom stereocenters. The number of aliphatic carboxylic acids is 1. The van der Waals surface area contributed by atoms with Crippen LogP contribution >= 0.6 is 0 Å². The first-order valence-corrected chi connectivity index (χ1v) is 7.82. The number of nitrogens with zero attached hydrogens (tertiary/aromatic N) is 1. The largest absolute Gasteiger partial charge is 0.495 e. The van der Waals surface area contributed by atoms with Gasteiger partial charge in [0.1, 0.15) is 5.75 Å². The average Bonchev–Trinajstić information content (AvgIpc) is 2.98. The van der Waals surface area contributed by atoms with E-state index in [2.05, 4.69) is 5.32 Å². The summed E-state index contributed by atoms with van der Waals surface area (Å²) in [5, 5.41) is 12.3. The van der Waals surface area contributed by atoms with Gasteiger partial charge >= 0.3 is 5.97 Å². The second kappa shape index (κ2) is 6.87. The van der Waals surface area contributed by atoms with Gasteiger partial charge in [0, 0.05) is 29.7 Å². The third-order valence-electron chi connectivity index (χ3n) is 4.12. The van der Waals surface area contributed by atoms with E-state index in [-0.39, 0.29) is 17.2 Å². The predicted octanol–water partition coefficient (Wildman–Crippen LogP) is 3.53. The molecule has 1 amide bonds. The van der Waals surface area contributed by atoms with Crippen molar-refractivity contribution in [2.75, 3.05) is 12.4 Å². The Morgan fingerprint density at radius 1 is 1.23 bits per heavy atom. The summed E-state index contributed by atoms with van der Waals surface area (Å²) in [4.78, 5) is 23.5. The summed E-state index contributed by atoms with van der Waals surface area (Å²) in [6.45, 7) is 0. The fraction of sp³-hybridized carbons (Fsp3) is 0.158. The van der Waals surface area contributed by atoms with Crippen LogP contribution in [0.5, 0.6) is 5.75 Å². The highest BCUT2D eigenvalue weighted by Gasteiger charge is 2.21. The van der Waals surface area contributed by atoms with Gasteiger partial charge in [-0.25, -0.2) is 9.18 Å². The van der Waals surface area contributed by atoms with E-state index in [9.17, 15) is 14.0 Å². The normalized spacial score (nSPS) is 12.0. The number of para-hydroxylation sites is 1. The third-order valence-corrected chi connectivity index (χ3v) is 4.12. The molecule has 2 N–H and O–H groups in total. The lowest BCUT2D eigenvalue weighted by atomic mass is 10.1. The smallest absolute Gasteiger partial charge is 0.343 e. The van der Waals surface area contributed by atoms with Gasteiger partial charge in [0.15, 0.2) is 0 Å². The van der Waals surface area contributed by atoms with Crippen LogP contribution in [0.15, 0.2) is 48.7 Å². The van der Waals surface area contributed by atoms with Crippen molar-refractivity contribution in [2.24, 2.45) is 7.05 Å². The van der Waals surface area contributed by atoms with Crippen molar-refractivity contribution in [3.05, 3.63) is 59.8 Å². The predicted molar refractivity (Wildman–Crippen MR) is 95.4 cm³/mol. The number of alkyl halides is 1. The van der Waals surface area contributed by atoms with Crippen LogP contribution in [0.4, 0.5) is 10.1 Å². The molecule has 7 heteroatoms. The van der Waals surface area contributed by atoms with Gasteiger partial charge in [0.25, 0.3) is 5.91 Å². The highest BCUT2D eigenvalue weighted by molar-refractivity contribution is 6.13. The number of benzene rings is 2. The fourth-order valence-corrected chi connectivity index (χ4v) is 2.82. The minimum absolute atomic E-state index is 0.0579. The Bertz CT molecular complexity index is 996. The summed E-state index contributed by atoms with van der Waals surface area (Å²) in [5.41, 5.74) is 1.68. The van der Waals surface area contributed by atoms with Gasteiger partial charge in [-0.2, -0.15) is 0 Å². The highest BCUT2D eigenvalue weighted by Crippen LogP contribution is 2.31. The molecule has 1 heterocycles. The first-order valence-electron chi connectivity index (χ1n) is 7.82. The number of halogens is 1. The second-order valence-electron chi connectivity index (χ2n) is 5.79. The quantitative estimate of drug-likeness (QED) is 0.733. The minimum Gasteiger partial charge on any atom is -0.495 e. The van der Waals surface area contributed by atoms with Crippen LogP contribution in [0.1, 0.15) is 22.1 Å². The molecule has 0 aliphatic heterocycles. The molecule has 0 aliphatic carbocycles. The summed E-state index contributed by atoms with van der Waals surface area (Å²) < 4.78 is 20.7. The lowest BCUT2D eigenvalue weighted by Crippen LogP contribution is -2.13. The van der Waals surface area contributed by atoms with Gasteiger partial charge in [-0.15, -0.1) is 0 Å². The van der Waals surface area contributed by atoms with Crippen LogP contribution < -0.4 is 10.1 Å². The summed E-state index contributed by atoms with van der Waals surface area (Å²) >= 11 is 0. The van der Waals surface area contributed by atoms with Gasteiger partial charge < -0.3 is 19.7 Å². The maximum absolute atomic E-state index is 13.7. The number of amides is 1. The van der Waals surface area contributed by atoms with E-state index >= 15 is 0 Å². The lowest BCUT2D eigenvalue weighted by Gasteiger charge is -2.12. The molecule has 134 valence electrons. The van der Waals surface area contributed by atoms with Crippen molar-refractivity contribution in [1.82, 2.24) is 4.57 Å². The molecular formula is C19H17FN2O4. The monoisotopic (exact) mass is 356 g/mol. The van der Waals surface area contributed by atoms with E-state index in [0.29, 0.717) is 11.3 Å². The van der Waals surface area contributed by atoms with E-state index in [1.54, 1.807) is 6.20 Å². The molecular weight excluding hydrogens is 339 g/mol.